The molecule has 0 aliphatic carbocycles. The minimum absolute atomic E-state index is 0.737. The second-order valence-corrected chi connectivity index (χ2v) is 4.35. The minimum atomic E-state index is 0.737. The Balaban J connectivity index is 2.53. The highest BCUT2D eigenvalue weighted by Crippen LogP contribution is 2.28. The van der Waals surface area contributed by atoms with E-state index in [4.69, 9.17) is 5.73 Å². The van der Waals surface area contributed by atoms with E-state index in [-0.39, 0.29) is 0 Å². The number of nitrogen functional groups attached to an aromatic ring is 1. The van der Waals surface area contributed by atoms with Gasteiger partial charge in [-0.25, -0.2) is 4.98 Å². The summed E-state index contributed by atoms with van der Waals surface area (Å²) >= 11 is 0. The molecule has 0 bridgehead atoms. The molecular formula is C12H19N5. The molecule has 2 aromatic rings. The average molecular weight is 233 g/mol. The average Bonchev–Trinajstić information content (AvgIpc) is 2.72. The van der Waals surface area contributed by atoms with Gasteiger partial charge in [0.05, 0.1) is 5.69 Å². The van der Waals surface area contributed by atoms with Crippen molar-refractivity contribution < 1.29 is 0 Å². The first-order valence-corrected chi connectivity index (χ1v) is 5.87. The van der Waals surface area contributed by atoms with Crippen LogP contribution in [-0.2, 0) is 13.6 Å². The van der Waals surface area contributed by atoms with Gasteiger partial charge in [0, 0.05) is 25.4 Å². The molecule has 2 heterocycles. The zero-order valence-corrected chi connectivity index (χ0v) is 10.9. The van der Waals surface area contributed by atoms with E-state index in [1.54, 1.807) is 4.68 Å². The van der Waals surface area contributed by atoms with Crippen molar-refractivity contribution >= 4 is 5.82 Å². The number of aryl methyl sites for hydroxylation is 3. The van der Waals surface area contributed by atoms with Crippen molar-refractivity contribution in [3.8, 4) is 11.3 Å². The molecule has 0 spiro atoms. The van der Waals surface area contributed by atoms with Gasteiger partial charge in [0.15, 0.2) is 0 Å². The van der Waals surface area contributed by atoms with Crippen LogP contribution in [0.5, 0.6) is 0 Å². The third kappa shape index (κ3) is 1.92. The molecule has 0 unspecified atom stereocenters. The molecule has 2 rings (SSSR count). The highest BCUT2D eigenvalue weighted by atomic mass is 15.3. The molecule has 2 aromatic heterocycles. The van der Waals surface area contributed by atoms with E-state index < -0.39 is 0 Å². The maximum atomic E-state index is 6.16. The molecule has 0 saturated heterocycles. The zero-order chi connectivity index (χ0) is 12.6. The topological polar surface area (TPSA) is 61.7 Å². The number of imidazole rings is 1. The first-order valence-electron chi connectivity index (χ1n) is 5.87. The second-order valence-electron chi connectivity index (χ2n) is 4.35. The van der Waals surface area contributed by atoms with Crippen LogP contribution in [0.4, 0.5) is 5.82 Å². The van der Waals surface area contributed by atoms with Crippen LogP contribution in [0.2, 0.25) is 0 Å². The van der Waals surface area contributed by atoms with Gasteiger partial charge in [0.1, 0.15) is 17.3 Å². The van der Waals surface area contributed by atoms with Gasteiger partial charge in [0.2, 0.25) is 0 Å². The lowest BCUT2D eigenvalue weighted by Gasteiger charge is -2.04. The number of anilines is 1. The molecule has 0 atom stereocenters. The van der Waals surface area contributed by atoms with E-state index in [9.17, 15) is 0 Å². The highest BCUT2D eigenvalue weighted by Gasteiger charge is 2.16. The Morgan fingerprint density at radius 3 is 2.59 bits per heavy atom. The van der Waals surface area contributed by atoms with Crippen LogP contribution >= 0.6 is 0 Å². The lowest BCUT2D eigenvalue weighted by atomic mass is 10.2. The second kappa shape index (κ2) is 4.24. The number of nitrogens with zero attached hydrogens (tertiary/aromatic N) is 4. The summed E-state index contributed by atoms with van der Waals surface area (Å²) in [5.74, 6) is 1.70. The predicted octanol–water partition coefficient (Wildman–Crippen LogP) is 1.89. The largest absolute Gasteiger partial charge is 0.383 e. The first kappa shape index (κ1) is 11.7. The zero-order valence-electron chi connectivity index (χ0n) is 10.9. The summed E-state index contributed by atoms with van der Waals surface area (Å²) in [5, 5.41) is 4.33. The Morgan fingerprint density at radius 1 is 1.35 bits per heavy atom. The summed E-state index contributed by atoms with van der Waals surface area (Å²) in [6, 6.07) is 0. The van der Waals surface area contributed by atoms with Crippen LogP contribution in [0.15, 0.2) is 6.20 Å². The van der Waals surface area contributed by atoms with Gasteiger partial charge in [0.25, 0.3) is 0 Å². The van der Waals surface area contributed by atoms with Crippen molar-refractivity contribution in [3.63, 3.8) is 0 Å². The summed E-state index contributed by atoms with van der Waals surface area (Å²) in [7, 11) is 1.91. The smallest absolute Gasteiger partial charge is 0.131 e. The lowest BCUT2D eigenvalue weighted by Crippen LogP contribution is -2.04. The first-order chi connectivity index (χ1) is 8.04. The number of hydrogen-bond acceptors (Lipinski definition) is 3. The molecule has 17 heavy (non-hydrogen) atoms. The molecule has 92 valence electrons. The molecule has 0 fully saturated rings. The molecule has 0 aliphatic heterocycles. The molecule has 0 aromatic carbocycles. The lowest BCUT2D eigenvalue weighted by molar-refractivity contribution is 0.665. The normalized spacial score (nSPS) is 11.1. The van der Waals surface area contributed by atoms with Gasteiger partial charge < -0.3 is 10.3 Å². The van der Waals surface area contributed by atoms with Gasteiger partial charge in [-0.1, -0.05) is 6.92 Å². The standard InChI is InChI=1S/C12H19N5/c1-5-6-17-9(3)14-11(12(17)13)10-7-16(4)15-8(10)2/h7H,5-6,13H2,1-4H3. The van der Waals surface area contributed by atoms with E-state index in [1.165, 1.54) is 0 Å². The van der Waals surface area contributed by atoms with Crippen molar-refractivity contribution in [3.05, 3.63) is 17.7 Å². The molecule has 0 aliphatic rings. The molecule has 5 nitrogen and oxygen atoms in total. The van der Waals surface area contributed by atoms with Crippen LogP contribution in [0.1, 0.15) is 24.9 Å². The van der Waals surface area contributed by atoms with Gasteiger partial charge >= 0.3 is 0 Å². The molecular weight excluding hydrogens is 214 g/mol. The SMILES string of the molecule is CCCn1c(C)nc(-c2cn(C)nc2C)c1N. The Labute approximate surface area is 101 Å². The van der Waals surface area contributed by atoms with Crippen molar-refractivity contribution in [2.24, 2.45) is 7.05 Å². The fourth-order valence-electron chi connectivity index (χ4n) is 2.12. The fourth-order valence-corrected chi connectivity index (χ4v) is 2.12. The van der Waals surface area contributed by atoms with Crippen LogP contribution in [0, 0.1) is 13.8 Å². The third-order valence-electron chi connectivity index (χ3n) is 2.91. The summed E-state index contributed by atoms with van der Waals surface area (Å²) in [6.07, 6.45) is 3.01. The molecule has 5 heteroatoms. The number of rotatable bonds is 3. The number of hydrogen-bond donors (Lipinski definition) is 1. The van der Waals surface area contributed by atoms with Gasteiger partial charge in [-0.2, -0.15) is 5.10 Å². The number of aromatic nitrogens is 4. The van der Waals surface area contributed by atoms with E-state index in [0.717, 1.165) is 41.6 Å². The van der Waals surface area contributed by atoms with Crippen molar-refractivity contribution in [1.82, 2.24) is 19.3 Å². The quantitative estimate of drug-likeness (QED) is 0.880. The Bertz CT molecular complexity index is 535. The molecule has 0 radical (unpaired) electrons. The summed E-state index contributed by atoms with van der Waals surface area (Å²) < 4.78 is 3.85. The fraction of sp³-hybridized carbons (Fsp3) is 0.500. The molecule has 2 N–H and O–H groups in total. The van der Waals surface area contributed by atoms with E-state index in [2.05, 4.69) is 21.6 Å². The third-order valence-corrected chi connectivity index (χ3v) is 2.91. The summed E-state index contributed by atoms with van der Waals surface area (Å²) in [6.45, 7) is 7.00. The van der Waals surface area contributed by atoms with Crippen LogP contribution in [0.3, 0.4) is 0 Å². The van der Waals surface area contributed by atoms with Crippen LogP contribution in [-0.4, -0.2) is 19.3 Å². The molecule has 0 saturated carbocycles. The summed E-state index contributed by atoms with van der Waals surface area (Å²) in [5.41, 5.74) is 8.99. The summed E-state index contributed by atoms with van der Waals surface area (Å²) in [4.78, 5) is 4.56. The van der Waals surface area contributed by atoms with Crippen molar-refractivity contribution in [2.75, 3.05) is 5.73 Å². The Morgan fingerprint density at radius 2 is 2.06 bits per heavy atom. The Kier molecular flexibility index (Phi) is 2.92. The predicted molar refractivity (Wildman–Crippen MR) is 68.6 cm³/mol. The monoisotopic (exact) mass is 233 g/mol. The van der Waals surface area contributed by atoms with E-state index in [1.807, 2.05) is 27.1 Å². The van der Waals surface area contributed by atoms with Gasteiger partial charge in [-0.3, -0.25) is 4.68 Å². The highest BCUT2D eigenvalue weighted by molar-refractivity contribution is 5.72. The van der Waals surface area contributed by atoms with Crippen LogP contribution in [0.25, 0.3) is 11.3 Å². The van der Waals surface area contributed by atoms with Crippen molar-refractivity contribution in [1.29, 1.82) is 0 Å². The maximum Gasteiger partial charge on any atom is 0.131 e. The number of nitrogens with two attached hydrogens (primary N) is 1. The molecule has 0 amide bonds. The Hall–Kier alpha value is -1.78. The van der Waals surface area contributed by atoms with Gasteiger partial charge in [-0.05, 0) is 20.3 Å². The van der Waals surface area contributed by atoms with E-state index >= 15 is 0 Å². The van der Waals surface area contributed by atoms with Gasteiger partial charge in [-0.15, -0.1) is 0 Å². The van der Waals surface area contributed by atoms with Crippen LogP contribution < -0.4 is 5.73 Å². The maximum absolute atomic E-state index is 6.16. The van der Waals surface area contributed by atoms with Crippen molar-refractivity contribution in [2.45, 2.75) is 33.7 Å². The van der Waals surface area contributed by atoms with E-state index in [0.29, 0.717) is 0 Å². The minimum Gasteiger partial charge on any atom is -0.383 e.